The number of likely N-dealkylation sites (tertiary alicyclic amines) is 1. The number of hydrogen-bond donors (Lipinski definition) is 0. The number of esters is 2. The molecule has 414 valence electrons. The minimum atomic E-state index is -0.00784. The van der Waals surface area contributed by atoms with Crippen LogP contribution in [0, 0.1) is 11.8 Å². The van der Waals surface area contributed by atoms with Crippen LogP contribution >= 0.6 is 0 Å². The fraction of sp³-hybridized carbons (Fsp3) is 0.934. The first-order valence-electron chi connectivity index (χ1n) is 30.3. The van der Waals surface area contributed by atoms with E-state index in [1.807, 2.05) is 27.7 Å². The summed E-state index contributed by atoms with van der Waals surface area (Å²) in [4.78, 5) is 48.0. The van der Waals surface area contributed by atoms with Gasteiger partial charge in [0.15, 0.2) is 0 Å². The van der Waals surface area contributed by atoms with Crippen molar-refractivity contribution in [2.24, 2.45) is 11.8 Å². The Labute approximate surface area is 431 Å². The van der Waals surface area contributed by atoms with Crippen LogP contribution in [-0.4, -0.2) is 68.0 Å². The number of carbonyl (C=O) groups is 4. The summed E-state index contributed by atoms with van der Waals surface area (Å²) in [6.07, 6.45) is 44.8. The van der Waals surface area contributed by atoms with Crippen LogP contribution in [0.3, 0.4) is 0 Å². The van der Waals surface area contributed by atoms with E-state index in [0.29, 0.717) is 37.8 Å². The average Bonchev–Trinajstić information content (AvgIpc) is 3.80. The molecule has 0 aromatic carbocycles. The van der Waals surface area contributed by atoms with Crippen molar-refractivity contribution in [2.75, 3.05) is 32.8 Å². The maximum Gasteiger partial charge on any atom is 0.308 e. The van der Waals surface area contributed by atoms with Crippen LogP contribution in [0.5, 0.6) is 0 Å². The molecular weight excluding hydrogens is 859 g/mol. The fourth-order valence-corrected chi connectivity index (χ4v) is 8.43. The van der Waals surface area contributed by atoms with Crippen molar-refractivity contribution >= 4 is 24.2 Å². The van der Waals surface area contributed by atoms with Crippen molar-refractivity contribution in [3.63, 3.8) is 0 Å². The second-order valence-electron chi connectivity index (χ2n) is 19.8. The molecule has 1 aliphatic rings. The van der Waals surface area contributed by atoms with Crippen molar-refractivity contribution in [1.29, 1.82) is 0 Å². The predicted octanol–water partition coefficient (Wildman–Crippen LogP) is 18.7. The van der Waals surface area contributed by atoms with Gasteiger partial charge in [0.05, 0.1) is 19.1 Å². The molecule has 0 aromatic rings. The molecule has 1 saturated heterocycles. The van der Waals surface area contributed by atoms with Gasteiger partial charge in [-0.3, -0.25) is 24.1 Å². The highest BCUT2D eigenvalue weighted by Gasteiger charge is 2.25. The Morgan fingerprint density at radius 3 is 1.41 bits per heavy atom. The summed E-state index contributed by atoms with van der Waals surface area (Å²) >= 11 is 0. The number of rotatable bonds is 45. The number of ketones is 1. The van der Waals surface area contributed by atoms with Crippen molar-refractivity contribution in [3.8, 4) is 0 Å². The Kier molecular flexibility index (Phi) is 68.3. The second kappa shape index (κ2) is 64.1. The SMILES string of the molecule is CC.CC.CCCCCCCCC(CCCCCCCC)C(=O)OCCCCCCCOC=O.CCCCCCCCCCCC(=O)CCC.CCCCCCN1CCC(OC(=O)CCC(C)C)C1. The van der Waals surface area contributed by atoms with Gasteiger partial charge in [0.2, 0.25) is 0 Å². The van der Waals surface area contributed by atoms with E-state index in [1.54, 1.807) is 0 Å². The molecule has 1 aliphatic heterocycles. The molecule has 0 radical (unpaired) electrons. The minimum Gasteiger partial charge on any atom is -0.468 e. The monoisotopic (exact) mass is 982 g/mol. The standard InChI is InChI=1S/C26H50O4.C16H31NO2.C15H30O.2C2H6/c1-3-5-7-9-12-16-20-25(21-17-13-10-8-6-4-2)26(28)30-23-19-15-11-14-18-22-29-24-27;1-4-5-6-7-11-17-12-10-15(13-17)19-16(18)9-8-14(2)3;1-3-5-6-7-8-9-10-11-12-14-15(16)13-4-2;2*1-2/h24-25H,3-23H2,1-2H3;14-15H,4-13H2,1-3H3;3-14H2,1-2H3;2*1-2H3. The lowest BCUT2D eigenvalue weighted by molar-refractivity contribution is -0.150. The van der Waals surface area contributed by atoms with Crippen LogP contribution in [0.4, 0.5) is 0 Å². The quantitative estimate of drug-likeness (QED) is 0.0257. The highest BCUT2D eigenvalue weighted by atomic mass is 16.5. The first-order valence-corrected chi connectivity index (χ1v) is 30.3. The molecule has 0 aromatic heterocycles. The Balaban J connectivity index is -0.000000467. The second-order valence-corrected chi connectivity index (χ2v) is 19.8. The van der Waals surface area contributed by atoms with Gasteiger partial charge in [-0.05, 0) is 70.3 Å². The van der Waals surface area contributed by atoms with Gasteiger partial charge in [-0.2, -0.15) is 0 Å². The maximum absolute atomic E-state index is 12.6. The third-order valence-electron chi connectivity index (χ3n) is 12.7. The molecule has 0 N–H and O–H groups in total. The largest absolute Gasteiger partial charge is 0.468 e. The van der Waals surface area contributed by atoms with E-state index in [9.17, 15) is 19.2 Å². The topological polar surface area (TPSA) is 99.2 Å². The molecule has 1 atom stereocenters. The van der Waals surface area contributed by atoms with Gasteiger partial charge in [-0.15, -0.1) is 0 Å². The molecule has 69 heavy (non-hydrogen) atoms. The van der Waals surface area contributed by atoms with Crippen LogP contribution in [0.1, 0.15) is 320 Å². The van der Waals surface area contributed by atoms with E-state index in [-0.39, 0.29) is 24.0 Å². The first-order chi connectivity index (χ1) is 33.7. The number of Topliss-reactive ketones (excluding diaryl/α,β-unsaturated/α-hetero) is 1. The Bertz CT molecular complexity index is 1000. The molecule has 0 amide bonds. The summed E-state index contributed by atoms with van der Waals surface area (Å²) in [6, 6.07) is 0. The zero-order chi connectivity index (χ0) is 52.3. The number of carbonyl (C=O) groups excluding carboxylic acids is 4. The smallest absolute Gasteiger partial charge is 0.308 e. The molecule has 1 heterocycles. The molecule has 0 bridgehead atoms. The molecule has 0 spiro atoms. The molecule has 8 nitrogen and oxygen atoms in total. The van der Waals surface area contributed by atoms with Crippen LogP contribution in [0.15, 0.2) is 0 Å². The number of hydrogen-bond acceptors (Lipinski definition) is 8. The summed E-state index contributed by atoms with van der Waals surface area (Å²) in [5.74, 6) is 1.17. The van der Waals surface area contributed by atoms with Crippen molar-refractivity contribution in [1.82, 2.24) is 4.90 Å². The lowest BCUT2D eigenvalue weighted by atomic mass is 9.94. The highest BCUT2D eigenvalue weighted by molar-refractivity contribution is 5.78. The maximum atomic E-state index is 12.6. The molecule has 1 unspecified atom stereocenters. The molecule has 0 aliphatic carbocycles. The van der Waals surface area contributed by atoms with Gasteiger partial charge in [0.1, 0.15) is 11.9 Å². The molecular formula is C61H123NO7. The van der Waals surface area contributed by atoms with Crippen molar-refractivity contribution in [3.05, 3.63) is 0 Å². The normalized spacial score (nSPS) is 13.0. The lowest BCUT2D eigenvalue weighted by Crippen LogP contribution is -2.26. The Morgan fingerprint density at radius 2 is 0.942 bits per heavy atom. The number of nitrogens with zero attached hydrogens (tertiary/aromatic N) is 1. The van der Waals surface area contributed by atoms with E-state index in [0.717, 1.165) is 109 Å². The predicted molar refractivity (Wildman–Crippen MR) is 299 cm³/mol. The van der Waals surface area contributed by atoms with Gasteiger partial charge < -0.3 is 14.2 Å². The summed E-state index contributed by atoms with van der Waals surface area (Å²) in [6.45, 7) is 28.1. The Morgan fingerprint density at radius 1 is 0.507 bits per heavy atom. The van der Waals surface area contributed by atoms with Crippen molar-refractivity contribution in [2.45, 2.75) is 326 Å². The third-order valence-corrected chi connectivity index (χ3v) is 12.7. The van der Waals surface area contributed by atoms with Crippen molar-refractivity contribution < 1.29 is 33.4 Å². The average molecular weight is 983 g/mol. The van der Waals surface area contributed by atoms with Gasteiger partial charge in [0, 0.05) is 32.4 Å². The number of ether oxygens (including phenoxy) is 3. The fourth-order valence-electron chi connectivity index (χ4n) is 8.43. The zero-order valence-electron chi connectivity index (χ0n) is 48.5. The molecule has 1 fully saturated rings. The van der Waals surface area contributed by atoms with Gasteiger partial charge in [-0.1, -0.05) is 243 Å². The van der Waals surface area contributed by atoms with E-state index in [4.69, 9.17) is 9.47 Å². The molecule has 8 heteroatoms. The third kappa shape index (κ3) is 60.3. The van der Waals surface area contributed by atoms with Gasteiger partial charge in [-0.25, -0.2) is 0 Å². The van der Waals surface area contributed by atoms with Crippen LogP contribution in [0.2, 0.25) is 0 Å². The first kappa shape index (κ1) is 73.6. The summed E-state index contributed by atoms with van der Waals surface area (Å²) in [7, 11) is 0. The summed E-state index contributed by atoms with van der Waals surface area (Å²) in [5.41, 5.74) is 0. The van der Waals surface area contributed by atoms with Gasteiger partial charge >= 0.3 is 11.9 Å². The Hall–Kier alpha value is -1.96. The highest BCUT2D eigenvalue weighted by Crippen LogP contribution is 2.22. The minimum absolute atomic E-state index is 0.00784. The summed E-state index contributed by atoms with van der Waals surface area (Å²) < 4.78 is 15.9. The van der Waals surface area contributed by atoms with Crippen LogP contribution < -0.4 is 0 Å². The van der Waals surface area contributed by atoms with E-state index in [1.165, 1.54) is 148 Å². The van der Waals surface area contributed by atoms with Crippen LogP contribution in [-0.2, 0) is 33.4 Å². The van der Waals surface area contributed by atoms with E-state index < -0.39 is 0 Å². The molecule has 1 rings (SSSR count). The van der Waals surface area contributed by atoms with E-state index in [2.05, 4.69) is 58.1 Å². The molecule has 0 saturated carbocycles. The van der Waals surface area contributed by atoms with E-state index >= 15 is 0 Å². The number of unbranched alkanes of at least 4 members (excludes halogenated alkanes) is 25. The summed E-state index contributed by atoms with van der Waals surface area (Å²) in [5, 5.41) is 0. The van der Waals surface area contributed by atoms with Gasteiger partial charge in [0.25, 0.3) is 6.47 Å². The lowest BCUT2D eigenvalue weighted by Gasteiger charge is -2.16. The van der Waals surface area contributed by atoms with Crippen LogP contribution in [0.25, 0.3) is 0 Å². The zero-order valence-corrected chi connectivity index (χ0v) is 48.5.